The number of ketones is 1. The van der Waals surface area contributed by atoms with Gasteiger partial charge in [-0.25, -0.2) is 0 Å². The van der Waals surface area contributed by atoms with Gasteiger partial charge in [0.1, 0.15) is 6.04 Å². The van der Waals surface area contributed by atoms with E-state index < -0.39 is 12.0 Å². The van der Waals surface area contributed by atoms with E-state index in [1.54, 1.807) is 0 Å². The topological polar surface area (TPSA) is 66.4 Å². The van der Waals surface area contributed by atoms with Crippen LogP contribution in [0.5, 0.6) is 0 Å². The minimum absolute atomic E-state index is 0. The number of hydrogen-bond acceptors (Lipinski definition) is 3. The molecule has 0 fully saturated rings. The van der Waals surface area contributed by atoms with Crippen LogP contribution in [0.3, 0.4) is 0 Å². The van der Waals surface area contributed by atoms with Gasteiger partial charge in [0.05, 0.1) is 6.54 Å². The number of carbonyl (C=O) groups is 2. The van der Waals surface area contributed by atoms with Gasteiger partial charge < -0.3 is 5.11 Å². The molecular weight excluding hydrogens is 169 g/mol. The summed E-state index contributed by atoms with van der Waals surface area (Å²) in [7, 11) is 0. The van der Waals surface area contributed by atoms with E-state index in [-0.39, 0.29) is 41.9 Å². The Morgan fingerprint density at radius 3 is 2.50 bits per heavy atom. The Bertz CT molecular complexity index is 181. The first-order valence-corrected chi connectivity index (χ1v) is 3.19. The van der Waals surface area contributed by atoms with Gasteiger partial charge in [-0.15, -0.1) is 0 Å². The van der Waals surface area contributed by atoms with E-state index >= 15 is 0 Å². The smallest absolute Gasteiger partial charge is 0.480 e. The summed E-state index contributed by atoms with van der Waals surface area (Å²) < 4.78 is 0. The Kier molecular flexibility index (Phi) is 8.97. The van der Waals surface area contributed by atoms with Gasteiger partial charge in [0, 0.05) is 0 Å². The second kappa shape index (κ2) is 7.49. The van der Waals surface area contributed by atoms with Gasteiger partial charge in [0.25, 0.3) is 0 Å². The monoisotopic (exact) mass is 180 g/mol. The van der Waals surface area contributed by atoms with Gasteiger partial charge in [-0.05, 0) is 13.0 Å². The van der Waals surface area contributed by atoms with Crippen molar-refractivity contribution >= 4 is 11.8 Å². The number of nitrogens with one attached hydrogen (secondary N) is 1. The van der Waals surface area contributed by atoms with E-state index in [2.05, 4.69) is 11.9 Å². The van der Waals surface area contributed by atoms with Crippen LogP contribution in [-0.2, 0) is 9.59 Å². The fourth-order valence-electron chi connectivity index (χ4n) is 0.413. The number of carbonyl (C=O) groups excluding carboxylic acids is 1. The minimum atomic E-state index is -0.970. The molecule has 5 heteroatoms. The van der Waals surface area contributed by atoms with E-state index in [0.717, 1.165) is 6.08 Å². The molecule has 0 saturated heterocycles. The molecule has 62 valence electrons. The number of carboxylic acid groups (broad SMARTS) is 1. The first-order chi connectivity index (χ1) is 5.07. The Balaban J connectivity index is 0. The summed E-state index contributed by atoms with van der Waals surface area (Å²) >= 11 is 0. The van der Waals surface area contributed by atoms with Gasteiger partial charge in [-0.2, -0.15) is 0 Å². The normalized spacial score (nSPS) is 11.1. The molecule has 0 bridgehead atoms. The fraction of sp³-hybridized carbons (Fsp3) is 0.429. The number of rotatable bonds is 5. The van der Waals surface area contributed by atoms with Gasteiger partial charge in [0.15, 0.2) is 5.78 Å². The fourth-order valence-corrected chi connectivity index (χ4v) is 0.413. The van der Waals surface area contributed by atoms with Crippen molar-refractivity contribution in [1.29, 1.82) is 0 Å². The van der Waals surface area contributed by atoms with Crippen molar-refractivity contribution in [3.63, 3.8) is 0 Å². The van der Waals surface area contributed by atoms with E-state index in [0.29, 0.717) is 0 Å². The molecule has 0 rings (SSSR count). The first kappa shape index (κ1) is 14.4. The molecule has 0 spiro atoms. The molecular formula is C7H11NNaO3+. The molecule has 1 unspecified atom stereocenters. The zero-order chi connectivity index (χ0) is 8.85. The van der Waals surface area contributed by atoms with Gasteiger partial charge >= 0.3 is 35.5 Å². The van der Waals surface area contributed by atoms with Crippen molar-refractivity contribution in [2.45, 2.75) is 13.0 Å². The number of carboxylic acids is 1. The van der Waals surface area contributed by atoms with Crippen LogP contribution >= 0.6 is 0 Å². The molecule has 0 heterocycles. The van der Waals surface area contributed by atoms with Gasteiger partial charge in [-0.3, -0.25) is 14.9 Å². The molecule has 0 aromatic carbocycles. The third kappa shape index (κ3) is 6.54. The zero-order valence-electron chi connectivity index (χ0n) is 7.33. The maximum Gasteiger partial charge on any atom is 1.00 e. The Hall–Kier alpha value is -0.160. The van der Waals surface area contributed by atoms with E-state index in [4.69, 9.17) is 5.11 Å². The largest absolute Gasteiger partial charge is 1.00 e. The molecule has 0 aliphatic carbocycles. The van der Waals surface area contributed by atoms with Crippen LogP contribution in [0, 0.1) is 0 Å². The Labute approximate surface area is 93.3 Å². The van der Waals surface area contributed by atoms with Crippen LogP contribution in [0.4, 0.5) is 0 Å². The third-order valence-corrected chi connectivity index (χ3v) is 1.18. The van der Waals surface area contributed by atoms with Crippen LogP contribution < -0.4 is 34.9 Å². The molecule has 0 aromatic rings. The summed E-state index contributed by atoms with van der Waals surface area (Å²) in [6, 6.07) is -0.695. The van der Waals surface area contributed by atoms with Crippen LogP contribution in [0.15, 0.2) is 12.7 Å². The van der Waals surface area contributed by atoms with Crippen molar-refractivity contribution in [2.24, 2.45) is 0 Å². The molecule has 1 atom stereocenters. The number of aliphatic carboxylic acids is 1. The van der Waals surface area contributed by atoms with Crippen LogP contribution in [0.2, 0.25) is 0 Å². The van der Waals surface area contributed by atoms with E-state index in [1.165, 1.54) is 6.92 Å². The molecule has 12 heavy (non-hydrogen) atoms. The zero-order valence-corrected chi connectivity index (χ0v) is 9.33. The standard InChI is InChI=1S/C7H11NO3.Na/c1-3-6(9)4-8-5(2)7(10)11;/h3,5,8H,1,4H2,2H3,(H,10,11);/q;+1. The molecule has 0 radical (unpaired) electrons. The van der Waals surface area contributed by atoms with Crippen molar-refractivity contribution < 1.29 is 44.3 Å². The summed E-state index contributed by atoms with van der Waals surface area (Å²) in [5, 5.41) is 10.9. The minimum Gasteiger partial charge on any atom is -0.480 e. The van der Waals surface area contributed by atoms with Crippen LogP contribution in [-0.4, -0.2) is 29.4 Å². The van der Waals surface area contributed by atoms with Crippen LogP contribution in [0.25, 0.3) is 0 Å². The molecule has 0 saturated carbocycles. The first-order valence-electron chi connectivity index (χ1n) is 3.19. The summed E-state index contributed by atoms with van der Waals surface area (Å²) in [6.07, 6.45) is 1.15. The molecule has 0 amide bonds. The van der Waals surface area contributed by atoms with E-state index in [1.807, 2.05) is 0 Å². The third-order valence-electron chi connectivity index (χ3n) is 1.18. The van der Waals surface area contributed by atoms with Crippen molar-refractivity contribution in [3.8, 4) is 0 Å². The molecule has 0 aliphatic heterocycles. The quantitative estimate of drug-likeness (QED) is 0.345. The number of hydrogen-bond donors (Lipinski definition) is 2. The maximum atomic E-state index is 10.6. The van der Waals surface area contributed by atoms with Crippen molar-refractivity contribution in [2.75, 3.05) is 6.54 Å². The summed E-state index contributed by atoms with van der Waals surface area (Å²) in [6.45, 7) is 4.74. The predicted molar refractivity (Wildman–Crippen MR) is 40.3 cm³/mol. The summed E-state index contributed by atoms with van der Waals surface area (Å²) in [5.74, 6) is -1.18. The van der Waals surface area contributed by atoms with Gasteiger partial charge in [0.2, 0.25) is 0 Å². The Morgan fingerprint density at radius 2 is 2.17 bits per heavy atom. The van der Waals surface area contributed by atoms with Crippen molar-refractivity contribution in [3.05, 3.63) is 12.7 Å². The van der Waals surface area contributed by atoms with E-state index in [9.17, 15) is 9.59 Å². The SMILES string of the molecule is C=CC(=O)CNC(C)C(=O)O.[Na+]. The molecule has 0 aliphatic rings. The van der Waals surface area contributed by atoms with Crippen molar-refractivity contribution in [1.82, 2.24) is 5.32 Å². The van der Waals surface area contributed by atoms with Gasteiger partial charge in [-0.1, -0.05) is 6.58 Å². The van der Waals surface area contributed by atoms with Crippen LogP contribution in [0.1, 0.15) is 6.92 Å². The molecule has 0 aromatic heterocycles. The molecule has 2 N–H and O–H groups in total. The second-order valence-corrected chi connectivity index (χ2v) is 2.11. The average molecular weight is 180 g/mol. The Morgan fingerprint density at radius 1 is 1.67 bits per heavy atom. The maximum absolute atomic E-state index is 10.6. The predicted octanol–water partition coefficient (Wildman–Crippen LogP) is -3.19. The average Bonchev–Trinajstić information content (AvgIpc) is 1.99. The second-order valence-electron chi connectivity index (χ2n) is 2.11. The summed E-state index contributed by atoms with van der Waals surface area (Å²) in [4.78, 5) is 20.8. The molecule has 4 nitrogen and oxygen atoms in total. The summed E-state index contributed by atoms with van der Waals surface area (Å²) in [5.41, 5.74) is 0.